The number of nitrogens with two attached hydrogens (primary N) is 1. The molecule has 5 nitrogen and oxygen atoms in total. The van der Waals surface area contributed by atoms with Crippen LogP contribution in [-0.4, -0.2) is 50.3 Å². The molecule has 0 amide bonds. The highest BCUT2D eigenvalue weighted by molar-refractivity contribution is 7.89. The van der Waals surface area contributed by atoms with Gasteiger partial charge in [0.2, 0.25) is 10.0 Å². The lowest BCUT2D eigenvalue weighted by Gasteiger charge is -2.37. The molecule has 1 aliphatic rings. The Morgan fingerprint density at radius 3 is 2.63 bits per heavy atom. The fourth-order valence-electron chi connectivity index (χ4n) is 2.30. The summed E-state index contributed by atoms with van der Waals surface area (Å²) in [6, 6.07) is 4.38. The van der Waals surface area contributed by atoms with Crippen molar-refractivity contribution in [3.05, 3.63) is 23.2 Å². The van der Waals surface area contributed by atoms with Crippen molar-refractivity contribution in [3.8, 4) is 0 Å². The Morgan fingerprint density at radius 2 is 2.05 bits per heavy atom. The molecule has 7 heteroatoms. The number of rotatable bonds is 2. The first-order valence-corrected chi connectivity index (χ1v) is 7.89. The van der Waals surface area contributed by atoms with Crippen LogP contribution >= 0.6 is 11.6 Å². The van der Waals surface area contributed by atoms with Gasteiger partial charge in [-0.15, -0.1) is 0 Å². The van der Waals surface area contributed by atoms with E-state index in [-0.39, 0.29) is 16.6 Å². The predicted molar refractivity (Wildman–Crippen MR) is 76.7 cm³/mol. The van der Waals surface area contributed by atoms with Crippen molar-refractivity contribution in [2.45, 2.75) is 17.9 Å². The zero-order valence-electron chi connectivity index (χ0n) is 11.0. The average molecular weight is 304 g/mol. The first-order chi connectivity index (χ1) is 8.82. The Kier molecular flexibility index (Phi) is 4.06. The molecule has 0 spiro atoms. The van der Waals surface area contributed by atoms with Crippen LogP contribution in [0.1, 0.15) is 6.92 Å². The van der Waals surface area contributed by atoms with Gasteiger partial charge in [-0.05, 0) is 32.2 Å². The van der Waals surface area contributed by atoms with Crippen molar-refractivity contribution in [3.63, 3.8) is 0 Å². The van der Waals surface area contributed by atoms with E-state index in [0.29, 0.717) is 11.6 Å². The first-order valence-electron chi connectivity index (χ1n) is 6.08. The fourth-order valence-corrected chi connectivity index (χ4v) is 4.06. The molecule has 1 heterocycles. The van der Waals surface area contributed by atoms with E-state index in [1.54, 1.807) is 0 Å². The maximum Gasteiger partial charge on any atom is 0.243 e. The number of piperazine rings is 1. The molecule has 0 bridgehead atoms. The number of anilines is 1. The van der Waals surface area contributed by atoms with Gasteiger partial charge in [0.25, 0.3) is 0 Å². The number of nitrogens with zero attached hydrogens (tertiary/aromatic N) is 2. The third-order valence-corrected chi connectivity index (χ3v) is 5.70. The van der Waals surface area contributed by atoms with Crippen molar-refractivity contribution in [1.82, 2.24) is 9.21 Å². The van der Waals surface area contributed by atoms with Gasteiger partial charge in [0.05, 0.1) is 15.6 Å². The van der Waals surface area contributed by atoms with E-state index in [2.05, 4.69) is 4.90 Å². The van der Waals surface area contributed by atoms with Gasteiger partial charge in [-0.2, -0.15) is 4.31 Å². The van der Waals surface area contributed by atoms with Gasteiger partial charge in [0.1, 0.15) is 0 Å². The van der Waals surface area contributed by atoms with Crippen LogP contribution < -0.4 is 5.73 Å². The summed E-state index contributed by atoms with van der Waals surface area (Å²) < 4.78 is 26.7. The van der Waals surface area contributed by atoms with E-state index in [0.717, 1.165) is 13.1 Å². The van der Waals surface area contributed by atoms with Crippen LogP contribution in [0, 0.1) is 0 Å². The minimum Gasteiger partial charge on any atom is -0.397 e. The van der Waals surface area contributed by atoms with Gasteiger partial charge >= 0.3 is 0 Å². The maximum absolute atomic E-state index is 12.6. The summed E-state index contributed by atoms with van der Waals surface area (Å²) in [5, 5.41) is 0.366. The summed E-state index contributed by atoms with van der Waals surface area (Å²) in [6.45, 7) is 3.85. The number of benzene rings is 1. The summed E-state index contributed by atoms with van der Waals surface area (Å²) >= 11 is 5.82. The van der Waals surface area contributed by atoms with Crippen molar-refractivity contribution >= 4 is 27.3 Å². The number of nitrogen functional groups attached to an aromatic ring is 1. The molecule has 2 rings (SSSR count). The second kappa shape index (κ2) is 5.28. The molecule has 0 radical (unpaired) electrons. The molecule has 1 aromatic carbocycles. The van der Waals surface area contributed by atoms with E-state index in [9.17, 15) is 8.42 Å². The van der Waals surface area contributed by atoms with Crippen molar-refractivity contribution in [1.29, 1.82) is 0 Å². The lowest BCUT2D eigenvalue weighted by atomic mass is 10.2. The van der Waals surface area contributed by atoms with Crippen LogP contribution in [0.2, 0.25) is 5.02 Å². The molecular weight excluding hydrogens is 286 g/mol. The largest absolute Gasteiger partial charge is 0.397 e. The average Bonchev–Trinajstić information content (AvgIpc) is 2.32. The molecule has 1 fully saturated rings. The number of likely N-dealkylation sites (N-methyl/N-ethyl adjacent to an activating group) is 1. The van der Waals surface area contributed by atoms with E-state index in [1.165, 1.54) is 22.5 Å². The van der Waals surface area contributed by atoms with Gasteiger partial charge in [0, 0.05) is 25.7 Å². The van der Waals surface area contributed by atoms with Crippen molar-refractivity contribution in [2.24, 2.45) is 0 Å². The molecule has 106 valence electrons. The third kappa shape index (κ3) is 2.86. The molecule has 1 unspecified atom stereocenters. The molecule has 0 saturated carbocycles. The summed E-state index contributed by atoms with van der Waals surface area (Å²) in [7, 11) is -1.52. The molecule has 19 heavy (non-hydrogen) atoms. The zero-order valence-corrected chi connectivity index (χ0v) is 12.6. The van der Waals surface area contributed by atoms with Crippen LogP contribution in [0.4, 0.5) is 5.69 Å². The van der Waals surface area contributed by atoms with Crippen molar-refractivity contribution in [2.75, 3.05) is 32.4 Å². The van der Waals surface area contributed by atoms with Gasteiger partial charge < -0.3 is 10.6 Å². The number of hydrogen-bond donors (Lipinski definition) is 1. The van der Waals surface area contributed by atoms with Crippen LogP contribution in [-0.2, 0) is 10.0 Å². The number of hydrogen-bond acceptors (Lipinski definition) is 4. The zero-order chi connectivity index (χ0) is 14.2. The molecule has 0 aliphatic carbocycles. The van der Waals surface area contributed by atoms with Gasteiger partial charge in [0.15, 0.2) is 0 Å². The number of halogens is 1. The van der Waals surface area contributed by atoms with Gasteiger partial charge in [-0.25, -0.2) is 8.42 Å². The van der Waals surface area contributed by atoms with Crippen LogP contribution in [0.3, 0.4) is 0 Å². The Labute approximate surface area is 119 Å². The monoisotopic (exact) mass is 303 g/mol. The summed E-state index contributed by atoms with van der Waals surface area (Å²) in [5.41, 5.74) is 5.96. The van der Waals surface area contributed by atoms with E-state index in [4.69, 9.17) is 17.3 Å². The summed E-state index contributed by atoms with van der Waals surface area (Å²) in [5.74, 6) is 0. The Morgan fingerprint density at radius 1 is 1.37 bits per heavy atom. The Balaban J connectivity index is 2.34. The van der Waals surface area contributed by atoms with Crippen molar-refractivity contribution < 1.29 is 8.42 Å². The minimum atomic E-state index is -3.51. The van der Waals surface area contributed by atoms with Crippen LogP contribution in [0.5, 0.6) is 0 Å². The molecule has 0 aromatic heterocycles. The van der Waals surface area contributed by atoms with Gasteiger partial charge in [-0.1, -0.05) is 11.6 Å². The first kappa shape index (κ1) is 14.6. The SMILES string of the molecule is CC1CN(C)CCN1S(=O)(=O)c1ccc(Cl)c(N)c1. The van der Waals surface area contributed by atoms with Crippen LogP contribution in [0.25, 0.3) is 0 Å². The molecule has 1 saturated heterocycles. The molecule has 1 atom stereocenters. The lowest BCUT2D eigenvalue weighted by Crippen LogP contribution is -2.52. The van der Waals surface area contributed by atoms with E-state index in [1.807, 2.05) is 14.0 Å². The normalized spacial score (nSPS) is 22.6. The van der Waals surface area contributed by atoms with E-state index < -0.39 is 10.0 Å². The Bertz CT molecular complexity index is 576. The quantitative estimate of drug-likeness (QED) is 0.835. The smallest absolute Gasteiger partial charge is 0.243 e. The minimum absolute atomic E-state index is 0.0550. The second-order valence-corrected chi connectivity index (χ2v) is 7.21. The summed E-state index contributed by atoms with van der Waals surface area (Å²) in [4.78, 5) is 2.32. The molecular formula is C12H18ClN3O2S. The van der Waals surface area contributed by atoms with Gasteiger partial charge in [-0.3, -0.25) is 0 Å². The summed E-state index contributed by atoms with van der Waals surface area (Å²) in [6.07, 6.45) is 0. The maximum atomic E-state index is 12.6. The Hall–Kier alpha value is -0.820. The topological polar surface area (TPSA) is 66.6 Å². The highest BCUT2D eigenvalue weighted by atomic mass is 35.5. The molecule has 1 aromatic rings. The third-order valence-electron chi connectivity index (χ3n) is 3.34. The highest BCUT2D eigenvalue weighted by Crippen LogP contribution is 2.26. The number of sulfonamides is 1. The lowest BCUT2D eigenvalue weighted by molar-refractivity contribution is 0.170. The fraction of sp³-hybridized carbons (Fsp3) is 0.500. The predicted octanol–water partition coefficient (Wildman–Crippen LogP) is 1.25. The van der Waals surface area contributed by atoms with E-state index >= 15 is 0 Å². The van der Waals surface area contributed by atoms with Crippen LogP contribution in [0.15, 0.2) is 23.1 Å². The highest BCUT2D eigenvalue weighted by Gasteiger charge is 2.32. The molecule has 1 aliphatic heterocycles. The molecule has 2 N–H and O–H groups in total. The standard InChI is InChI=1S/C12H18ClN3O2S/c1-9-8-15(2)5-6-16(9)19(17,18)10-3-4-11(13)12(14)7-10/h3-4,7,9H,5-6,8,14H2,1-2H3. The second-order valence-electron chi connectivity index (χ2n) is 4.91.